The van der Waals surface area contributed by atoms with Crippen molar-refractivity contribution in [2.75, 3.05) is 11.9 Å². The van der Waals surface area contributed by atoms with Crippen LogP contribution in [0, 0.1) is 5.82 Å². The molecule has 0 bridgehead atoms. The number of aromatic nitrogens is 4. The Bertz CT molecular complexity index is 1310. The van der Waals surface area contributed by atoms with E-state index in [1.807, 2.05) is 19.2 Å². The quantitative estimate of drug-likeness (QED) is 0.488. The summed E-state index contributed by atoms with van der Waals surface area (Å²) in [6.07, 6.45) is 3.49. The number of amides is 1. The van der Waals surface area contributed by atoms with Crippen molar-refractivity contribution in [2.24, 2.45) is 0 Å². The first kappa shape index (κ1) is 21.3. The van der Waals surface area contributed by atoms with Gasteiger partial charge in [0.1, 0.15) is 23.0 Å². The highest BCUT2D eigenvalue weighted by Crippen LogP contribution is 2.28. The summed E-state index contributed by atoms with van der Waals surface area (Å²) < 4.78 is 42.7. The minimum atomic E-state index is -2.62. The summed E-state index contributed by atoms with van der Waals surface area (Å²) in [5, 5.41) is 7.24. The standard InChI is InChI=1S/C23H23F3N6O/c1-30(21-4-2-3-20-28-19(22(25)26)13-31(20)21)16-7-5-15(6-8-16)27-23(33)18-12-17-11-14(24)9-10-32(17)29-18/h2-4,9-13,15-16,22H,5-8H2,1H3,(H,27,33)/t15-,16+. The van der Waals surface area contributed by atoms with Crippen LogP contribution in [0.3, 0.4) is 0 Å². The van der Waals surface area contributed by atoms with E-state index in [0.717, 1.165) is 31.5 Å². The number of hydrogen-bond acceptors (Lipinski definition) is 4. The van der Waals surface area contributed by atoms with Gasteiger partial charge < -0.3 is 10.2 Å². The molecule has 1 N–H and O–H groups in total. The zero-order valence-corrected chi connectivity index (χ0v) is 18.0. The number of rotatable bonds is 5. The highest BCUT2D eigenvalue weighted by atomic mass is 19.3. The molecule has 1 aliphatic carbocycles. The second-order valence-corrected chi connectivity index (χ2v) is 8.41. The minimum absolute atomic E-state index is 0.0122. The monoisotopic (exact) mass is 456 g/mol. The number of carbonyl (C=O) groups is 1. The SMILES string of the molecule is CN(c1cccc2nc(C(F)F)cn12)[C@H]1CC[C@@H](NC(=O)c2cc3cc(F)ccn3n2)CC1. The second kappa shape index (κ2) is 8.42. The third-order valence-electron chi connectivity index (χ3n) is 6.31. The van der Waals surface area contributed by atoms with E-state index >= 15 is 0 Å². The summed E-state index contributed by atoms with van der Waals surface area (Å²) in [5.74, 6) is 0.142. The summed E-state index contributed by atoms with van der Waals surface area (Å²) in [6, 6.07) is 9.83. The Labute approximate surface area is 187 Å². The van der Waals surface area contributed by atoms with E-state index in [1.54, 1.807) is 16.5 Å². The average molecular weight is 456 g/mol. The van der Waals surface area contributed by atoms with Crippen LogP contribution in [0.2, 0.25) is 0 Å². The molecule has 4 aromatic heterocycles. The van der Waals surface area contributed by atoms with E-state index in [0.29, 0.717) is 11.2 Å². The third kappa shape index (κ3) is 4.12. The van der Waals surface area contributed by atoms with Crippen molar-refractivity contribution in [1.82, 2.24) is 24.3 Å². The molecule has 0 atom stereocenters. The lowest BCUT2D eigenvalue weighted by molar-refractivity contribution is 0.0920. The Morgan fingerprint density at radius 3 is 2.73 bits per heavy atom. The summed E-state index contributed by atoms with van der Waals surface area (Å²) in [6.45, 7) is 0. The maximum absolute atomic E-state index is 13.4. The molecule has 33 heavy (non-hydrogen) atoms. The van der Waals surface area contributed by atoms with Gasteiger partial charge in [0.2, 0.25) is 0 Å². The van der Waals surface area contributed by atoms with Gasteiger partial charge in [0.15, 0.2) is 5.69 Å². The van der Waals surface area contributed by atoms with Crippen LogP contribution in [0.15, 0.2) is 48.8 Å². The lowest BCUT2D eigenvalue weighted by Gasteiger charge is -2.36. The number of nitrogens with zero attached hydrogens (tertiary/aromatic N) is 5. The fraction of sp³-hybridized carbons (Fsp3) is 0.348. The van der Waals surface area contributed by atoms with Gasteiger partial charge in [-0.05, 0) is 56.0 Å². The van der Waals surface area contributed by atoms with Gasteiger partial charge in [-0.15, -0.1) is 0 Å². The Morgan fingerprint density at radius 2 is 1.97 bits per heavy atom. The summed E-state index contributed by atoms with van der Waals surface area (Å²) in [7, 11) is 1.95. The number of imidazole rings is 1. The van der Waals surface area contributed by atoms with Crippen molar-refractivity contribution >= 4 is 22.9 Å². The molecule has 0 radical (unpaired) electrons. The maximum Gasteiger partial charge on any atom is 0.281 e. The smallest absolute Gasteiger partial charge is 0.281 e. The van der Waals surface area contributed by atoms with Gasteiger partial charge in [0.25, 0.3) is 12.3 Å². The molecule has 1 amide bonds. The van der Waals surface area contributed by atoms with Crippen molar-refractivity contribution in [2.45, 2.75) is 44.2 Å². The van der Waals surface area contributed by atoms with Crippen LogP contribution in [-0.2, 0) is 0 Å². The fourth-order valence-corrected chi connectivity index (χ4v) is 4.54. The zero-order chi connectivity index (χ0) is 23.1. The summed E-state index contributed by atoms with van der Waals surface area (Å²) >= 11 is 0. The van der Waals surface area contributed by atoms with Crippen LogP contribution < -0.4 is 10.2 Å². The molecule has 1 aliphatic rings. The highest BCUT2D eigenvalue weighted by molar-refractivity contribution is 5.93. The molecule has 1 saturated carbocycles. The third-order valence-corrected chi connectivity index (χ3v) is 6.31. The summed E-state index contributed by atoms with van der Waals surface area (Å²) in [4.78, 5) is 18.7. The number of carbonyl (C=O) groups excluding carboxylic acids is 1. The van der Waals surface area contributed by atoms with Gasteiger partial charge in [0, 0.05) is 31.5 Å². The van der Waals surface area contributed by atoms with Gasteiger partial charge >= 0.3 is 0 Å². The molecular formula is C23H23F3N6O. The van der Waals surface area contributed by atoms with E-state index in [2.05, 4.69) is 20.3 Å². The van der Waals surface area contributed by atoms with Crippen LogP contribution in [0.5, 0.6) is 0 Å². The van der Waals surface area contributed by atoms with Gasteiger partial charge in [-0.3, -0.25) is 9.20 Å². The van der Waals surface area contributed by atoms with Crippen molar-refractivity contribution in [3.05, 3.63) is 66.0 Å². The minimum Gasteiger partial charge on any atom is -0.358 e. The Kier molecular flexibility index (Phi) is 5.43. The predicted molar refractivity (Wildman–Crippen MR) is 117 cm³/mol. The van der Waals surface area contributed by atoms with Crippen molar-refractivity contribution in [3.8, 4) is 0 Å². The van der Waals surface area contributed by atoms with E-state index in [4.69, 9.17) is 0 Å². The van der Waals surface area contributed by atoms with Crippen LogP contribution in [0.25, 0.3) is 11.2 Å². The molecular weight excluding hydrogens is 433 g/mol. The van der Waals surface area contributed by atoms with Gasteiger partial charge in [0.05, 0.1) is 5.52 Å². The molecule has 4 aromatic rings. The molecule has 172 valence electrons. The zero-order valence-electron chi connectivity index (χ0n) is 18.0. The number of halogens is 3. The number of hydrogen-bond donors (Lipinski definition) is 1. The topological polar surface area (TPSA) is 66.9 Å². The first-order valence-corrected chi connectivity index (χ1v) is 10.8. The van der Waals surface area contributed by atoms with Gasteiger partial charge in [-0.25, -0.2) is 22.7 Å². The first-order valence-electron chi connectivity index (χ1n) is 10.8. The number of pyridine rings is 2. The Morgan fingerprint density at radius 1 is 1.18 bits per heavy atom. The number of fused-ring (bicyclic) bond motifs is 2. The largest absolute Gasteiger partial charge is 0.358 e. The highest BCUT2D eigenvalue weighted by Gasteiger charge is 2.27. The van der Waals surface area contributed by atoms with Crippen molar-refractivity contribution in [1.29, 1.82) is 0 Å². The van der Waals surface area contributed by atoms with Gasteiger partial charge in [-0.2, -0.15) is 5.10 Å². The van der Waals surface area contributed by atoms with Crippen LogP contribution >= 0.6 is 0 Å². The molecule has 0 aliphatic heterocycles. The van der Waals surface area contributed by atoms with Crippen molar-refractivity contribution in [3.63, 3.8) is 0 Å². The van der Waals surface area contributed by atoms with E-state index < -0.39 is 6.43 Å². The predicted octanol–water partition coefficient (Wildman–Crippen LogP) is 4.24. The molecule has 0 saturated heterocycles. The fourth-order valence-electron chi connectivity index (χ4n) is 4.54. The Hall–Kier alpha value is -3.56. The maximum atomic E-state index is 13.4. The van der Waals surface area contributed by atoms with E-state index in [9.17, 15) is 18.0 Å². The number of alkyl halides is 2. The molecule has 10 heteroatoms. The molecule has 0 spiro atoms. The van der Waals surface area contributed by atoms with Crippen LogP contribution in [0.1, 0.15) is 48.3 Å². The van der Waals surface area contributed by atoms with Crippen LogP contribution in [0.4, 0.5) is 19.0 Å². The summed E-state index contributed by atoms with van der Waals surface area (Å²) in [5.41, 5.74) is 1.02. The van der Waals surface area contributed by atoms with E-state index in [1.165, 1.54) is 29.0 Å². The number of anilines is 1. The molecule has 0 aromatic carbocycles. The van der Waals surface area contributed by atoms with Crippen molar-refractivity contribution < 1.29 is 18.0 Å². The molecule has 1 fully saturated rings. The lowest BCUT2D eigenvalue weighted by atomic mass is 9.90. The molecule has 7 nitrogen and oxygen atoms in total. The van der Waals surface area contributed by atoms with Gasteiger partial charge in [-0.1, -0.05) is 6.07 Å². The first-order chi connectivity index (χ1) is 15.9. The average Bonchev–Trinajstić information content (AvgIpc) is 3.43. The lowest BCUT2D eigenvalue weighted by Crippen LogP contribution is -2.43. The van der Waals surface area contributed by atoms with Crippen LogP contribution in [-0.4, -0.2) is 44.0 Å². The second-order valence-electron chi connectivity index (χ2n) is 8.41. The molecule has 5 rings (SSSR count). The normalized spacial score (nSPS) is 18.8. The molecule has 4 heterocycles. The van der Waals surface area contributed by atoms with E-state index in [-0.39, 0.29) is 35.2 Å². The number of nitrogens with one attached hydrogen (secondary N) is 1. The molecule has 0 unspecified atom stereocenters. The Balaban J connectivity index is 1.23.